The van der Waals surface area contributed by atoms with Crippen molar-refractivity contribution in [2.24, 2.45) is 0 Å². The van der Waals surface area contributed by atoms with E-state index >= 15 is 0 Å². The van der Waals surface area contributed by atoms with Crippen LogP contribution in [0.4, 0.5) is 5.69 Å². The van der Waals surface area contributed by atoms with Gasteiger partial charge in [-0.3, -0.25) is 9.59 Å². The fourth-order valence-corrected chi connectivity index (χ4v) is 2.44. The SMILES string of the molecule is CC(=O)c1cccc(NC(=O)[C@@H](C)OC(=O)COc2ccc(C)cc2C)c1. The smallest absolute Gasteiger partial charge is 0.344 e. The fourth-order valence-electron chi connectivity index (χ4n) is 2.44. The summed E-state index contributed by atoms with van der Waals surface area (Å²) in [5, 5.41) is 2.62. The number of carbonyl (C=O) groups excluding carboxylic acids is 3. The van der Waals surface area contributed by atoms with E-state index in [9.17, 15) is 14.4 Å². The first-order valence-corrected chi connectivity index (χ1v) is 8.57. The molecule has 0 fully saturated rings. The van der Waals surface area contributed by atoms with Gasteiger partial charge in [0.1, 0.15) is 5.75 Å². The van der Waals surface area contributed by atoms with E-state index in [4.69, 9.17) is 9.47 Å². The van der Waals surface area contributed by atoms with Crippen molar-refractivity contribution in [3.05, 3.63) is 59.2 Å². The second-order valence-corrected chi connectivity index (χ2v) is 6.32. The maximum atomic E-state index is 12.2. The lowest BCUT2D eigenvalue weighted by Gasteiger charge is -2.15. The van der Waals surface area contributed by atoms with Crippen LogP contribution >= 0.6 is 0 Å². The number of rotatable bonds is 7. The molecule has 0 aliphatic carbocycles. The summed E-state index contributed by atoms with van der Waals surface area (Å²) in [4.78, 5) is 35.5. The van der Waals surface area contributed by atoms with Gasteiger partial charge in [0, 0.05) is 11.3 Å². The van der Waals surface area contributed by atoms with Gasteiger partial charge in [-0.1, -0.05) is 29.8 Å². The number of nitrogens with one attached hydrogen (secondary N) is 1. The Balaban J connectivity index is 1.87. The van der Waals surface area contributed by atoms with E-state index < -0.39 is 18.0 Å². The van der Waals surface area contributed by atoms with Gasteiger partial charge in [-0.15, -0.1) is 0 Å². The minimum Gasteiger partial charge on any atom is -0.482 e. The third-order valence-corrected chi connectivity index (χ3v) is 3.89. The van der Waals surface area contributed by atoms with Crippen LogP contribution in [0, 0.1) is 13.8 Å². The van der Waals surface area contributed by atoms with Crippen molar-refractivity contribution in [2.45, 2.75) is 33.8 Å². The molecule has 0 saturated carbocycles. The van der Waals surface area contributed by atoms with Crippen LogP contribution in [0.15, 0.2) is 42.5 Å². The molecule has 0 aromatic heterocycles. The van der Waals surface area contributed by atoms with Crippen molar-refractivity contribution in [1.82, 2.24) is 0 Å². The normalized spacial score (nSPS) is 11.4. The molecule has 0 spiro atoms. The molecule has 0 aliphatic rings. The Morgan fingerprint density at radius 3 is 2.48 bits per heavy atom. The molecule has 0 unspecified atom stereocenters. The fraction of sp³-hybridized carbons (Fsp3) is 0.286. The minimum atomic E-state index is -0.999. The molecule has 2 rings (SSSR count). The van der Waals surface area contributed by atoms with Crippen molar-refractivity contribution >= 4 is 23.3 Å². The average Bonchev–Trinajstić information content (AvgIpc) is 2.61. The van der Waals surface area contributed by atoms with Crippen LogP contribution in [0.1, 0.15) is 35.3 Å². The van der Waals surface area contributed by atoms with E-state index in [0.29, 0.717) is 17.0 Å². The predicted molar refractivity (Wildman–Crippen MR) is 102 cm³/mol. The molecule has 6 nitrogen and oxygen atoms in total. The molecule has 0 heterocycles. The molecule has 0 radical (unpaired) electrons. The van der Waals surface area contributed by atoms with Gasteiger partial charge in [-0.25, -0.2) is 4.79 Å². The number of benzene rings is 2. The van der Waals surface area contributed by atoms with E-state index in [0.717, 1.165) is 11.1 Å². The van der Waals surface area contributed by atoms with Crippen molar-refractivity contribution in [3.63, 3.8) is 0 Å². The Bertz CT molecular complexity index is 859. The molecule has 1 amide bonds. The van der Waals surface area contributed by atoms with E-state index in [1.165, 1.54) is 13.8 Å². The first-order valence-electron chi connectivity index (χ1n) is 8.57. The van der Waals surface area contributed by atoms with Crippen LogP contribution in [0.2, 0.25) is 0 Å². The summed E-state index contributed by atoms with van der Waals surface area (Å²) in [5.41, 5.74) is 2.96. The third kappa shape index (κ3) is 5.95. The standard InChI is InChI=1S/C21H23NO5/c1-13-8-9-19(14(2)10-13)26-12-20(24)27-16(4)21(25)22-18-7-5-6-17(11-18)15(3)23/h5-11,16H,12H2,1-4H3,(H,22,25)/t16-/m1/s1. The van der Waals surface area contributed by atoms with Gasteiger partial charge in [0.25, 0.3) is 5.91 Å². The number of Topliss-reactive ketones (excluding diaryl/α,β-unsaturated/α-hetero) is 1. The molecule has 1 N–H and O–H groups in total. The summed E-state index contributed by atoms with van der Waals surface area (Å²) in [6.07, 6.45) is -0.999. The molecule has 0 saturated heterocycles. The van der Waals surface area contributed by atoms with Gasteiger partial charge >= 0.3 is 5.97 Å². The largest absolute Gasteiger partial charge is 0.482 e. The Morgan fingerprint density at radius 1 is 1.07 bits per heavy atom. The number of hydrogen-bond donors (Lipinski definition) is 1. The first kappa shape index (κ1) is 20.2. The maximum absolute atomic E-state index is 12.2. The van der Waals surface area contributed by atoms with Crippen molar-refractivity contribution < 1.29 is 23.9 Å². The topological polar surface area (TPSA) is 81.7 Å². The molecule has 0 bridgehead atoms. The summed E-state index contributed by atoms with van der Waals surface area (Å²) in [5.74, 6) is -0.643. The Kier molecular flexibility index (Phi) is 6.71. The summed E-state index contributed by atoms with van der Waals surface area (Å²) in [6.45, 7) is 6.48. The summed E-state index contributed by atoms with van der Waals surface area (Å²) in [7, 11) is 0. The van der Waals surface area contributed by atoms with E-state index in [2.05, 4.69) is 5.32 Å². The lowest BCUT2D eigenvalue weighted by Crippen LogP contribution is -2.31. The average molecular weight is 369 g/mol. The minimum absolute atomic E-state index is 0.103. The van der Waals surface area contributed by atoms with E-state index in [1.54, 1.807) is 30.3 Å². The van der Waals surface area contributed by atoms with Gasteiger partial charge in [0.2, 0.25) is 0 Å². The van der Waals surface area contributed by atoms with Crippen LogP contribution in [0.3, 0.4) is 0 Å². The Morgan fingerprint density at radius 2 is 1.81 bits per heavy atom. The summed E-state index contributed by atoms with van der Waals surface area (Å²) < 4.78 is 10.6. The number of hydrogen-bond acceptors (Lipinski definition) is 5. The van der Waals surface area contributed by atoms with Crippen LogP contribution in [0.5, 0.6) is 5.75 Å². The predicted octanol–water partition coefficient (Wildman–Crippen LogP) is 3.46. The van der Waals surface area contributed by atoms with E-state index in [1.807, 2.05) is 26.0 Å². The molecular weight excluding hydrogens is 346 g/mol. The lowest BCUT2D eigenvalue weighted by molar-refractivity contribution is -0.155. The van der Waals surface area contributed by atoms with Gasteiger partial charge in [0.05, 0.1) is 0 Å². The zero-order valence-electron chi connectivity index (χ0n) is 15.9. The molecule has 27 heavy (non-hydrogen) atoms. The lowest BCUT2D eigenvalue weighted by atomic mass is 10.1. The monoisotopic (exact) mass is 369 g/mol. The van der Waals surface area contributed by atoms with Crippen LogP contribution in [-0.2, 0) is 14.3 Å². The van der Waals surface area contributed by atoms with Gasteiger partial charge in [-0.2, -0.15) is 0 Å². The molecule has 142 valence electrons. The summed E-state index contributed by atoms with van der Waals surface area (Å²) in [6, 6.07) is 12.2. The number of ketones is 1. The zero-order valence-corrected chi connectivity index (χ0v) is 15.9. The molecule has 2 aromatic rings. The number of carbonyl (C=O) groups is 3. The maximum Gasteiger partial charge on any atom is 0.344 e. The second-order valence-electron chi connectivity index (χ2n) is 6.32. The number of amides is 1. The van der Waals surface area contributed by atoms with E-state index in [-0.39, 0.29) is 12.4 Å². The molecule has 6 heteroatoms. The van der Waals surface area contributed by atoms with Crippen LogP contribution in [0.25, 0.3) is 0 Å². The first-order chi connectivity index (χ1) is 12.8. The Labute approximate surface area is 158 Å². The highest BCUT2D eigenvalue weighted by Crippen LogP contribution is 2.18. The number of esters is 1. The van der Waals surface area contributed by atoms with Crippen molar-refractivity contribution in [2.75, 3.05) is 11.9 Å². The number of anilines is 1. The van der Waals surface area contributed by atoms with Crippen molar-refractivity contribution in [1.29, 1.82) is 0 Å². The number of ether oxygens (including phenoxy) is 2. The quantitative estimate of drug-likeness (QED) is 0.597. The van der Waals surface area contributed by atoms with Gasteiger partial charge in [0.15, 0.2) is 18.5 Å². The van der Waals surface area contributed by atoms with Crippen molar-refractivity contribution in [3.8, 4) is 5.75 Å². The Hall–Kier alpha value is -3.15. The van der Waals surface area contributed by atoms with Gasteiger partial charge < -0.3 is 14.8 Å². The molecule has 0 aliphatic heterocycles. The van der Waals surface area contributed by atoms with Gasteiger partial charge in [-0.05, 0) is 51.5 Å². The third-order valence-electron chi connectivity index (χ3n) is 3.89. The van der Waals surface area contributed by atoms with Crippen LogP contribution < -0.4 is 10.1 Å². The number of aryl methyl sites for hydroxylation is 2. The molecular formula is C21H23NO5. The molecule has 2 aromatic carbocycles. The van der Waals surface area contributed by atoms with Crippen LogP contribution in [-0.4, -0.2) is 30.4 Å². The zero-order chi connectivity index (χ0) is 20.0. The highest BCUT2D eigenvalue weighted by atomic mass is 16.6. The highest BCUT2D eigenvalue weighted by molar-refractivity contribution is 5.98. The second kappa shape index (κ2) is 8.98. The molecule has 1 atom stereocenters. The highest BCUT2D eigenvalue weighted by Gasteiger charge is 2.19. The summed E-state index contributed by atoms with van der Waals surface area (Å²) >= 11 is 0.